The van der Waals surface area contributed by atoms with Gasteiger partial charge in [-0.3, -0.25) is 19.6 Å². The summed E-state index contributed by atoms with van der Waals surface area (Å²) in [7, 11) is 1.74. The molecule has 0 aliphatic carbocycles. The number of halogens is 1. The van der Waals surface area contributed by atoms with E-state index in [1.165, 1.54) is 0 Å². The molecule has 0 saturated carbocycles. The lowest BCUT2D eigenvalue weighted by atomic mass is 10.1. The van der Waals surface area contributed by atoms with E-state index in [2.05, 4.69) is 15.7 Å². The molecule has 0 fully saturated rings. The monoisotopic (exact) mass is 498 g/mol. The van der Waals surface area contributed by atoms with E-state index in [-0.39, 0.29) is 35.8 Å². The predicted molar refractivity (Wildman–Crippen MR) is 136 cm³/mol. The summed E-state index contributed by atoms with van der Waals surface area (Å²) in [5, 5.41) is 11.8. The number of rotatable bonds is 10. The van der Waals surface area contributed by atoms with Crippen molar-refractivity contribution < 1.29 is 9.53 Å². The number of anilines is 2. The summed E-state index contributed by atoms with van der Waals surface area (Å²) in [6.07, 6.45) is 0. The summed E-state index contributed by atoms with van der Waals surface area (Å²) in [6.45, 7) is 2.32. The zero-order valence-electron chi connectivity index (χ0n) is 19.3. The van der Waals surface area contributed by atoms with E-state index in [1.54, 1.807) is 60.6 Å². The Balaban J connectivity index is 1.86. The number of aromatic nitrogens is 2. The minimum absolute atomic E-state index is 0.0172. The molecule has 0 atom stereocenters. The Morgan fingerprint density at radius 3 is 2.60 bits per heavy atom. The molecule has 1 heterocycles. The van der Waals surface area contributed by atoms with Crippen LogP contribution in [0.2, 0.25) is 5.15 Å². The van der Waals surface area contributed by atoms with Crippen LogP contribution in [-0.2, 0) is 17.9 Å². The number of nitrogens with zero attached hydrogens (tertiary/aromatic N) is 3. The molecule has 0 saturated heterocycles. The number of nitrogens with one attached hydrogen (secondary N) is 3. The number of hydrogen-bond donors (Lipinski definition) is 5. The van der Waals surface area contributed by atoms with Crippen LogP contribution in [0.15, 0.2) is 53.3 Å². The van der Waals surface area contributed by atoms with Crippen molar-refractivity contribution in [2.45, 2.75) is 20.0 Å². The van der Waals surface area contributed by atoms with Crippen LogP contribution in [0.4, 0.5) is 11.4 Å². The fourth-order valence-corrected chi connectivity index (χ4v) is 3.17. The average molecular weight is 499 g/mol. The molecule has 0 aliphatic heterocycles. The summed E-state index contributed by atoms with van der Waals surface area (Å²) in [5.74, 6) is -0.154. The molecule has 11 nitrogen and oxygen atoms in total. The molecule has 184 valence electrons. The lowest BCUT2D eigenvalue weighted by Crippen LogP contribution is -2.36. The van der Waals surface area contributed by atoms with Gasteiger partial charge in [0.2, 0.25) is 5.91 Å². The molecule has 0 bridgehead atoms. The van der Waals surface area contributed by atoms with Gasteiger partial charge in [0, 0.05) is 37.5 Å². The van der Waals surface area contributed by atoms with Gasteiger partial charge in [0.1, 0.15) is 18.1 Å². The molecule has 2 aromatic carbocycles. The van der Waals surface area contributed by atoms with Gasteiger partial charge in [0.15, 0.2) is 10.8 Å². The molecule has 3 aromatic rings. The summed E-state index contributed by atoms with van der Waals surface area (Å²) in [6, 6.07) is 13.3. The van der Waals surface area contributed by atoms with Gasteiger partial charge in [-0.25, -0.2) is 5.01 Å². The number of carbonyl (C=O) groups excluding carboxylic acids is 1. The fourth-order valence-electron chi connectivity index (χ4n) is 2.98. The number of nitrogens with two attached hydrogens (primary N) is 2. The van der Waals surface area contributed by atoms with E-state index in [0.29, 0.717) is 23.5 Å². The third kappa shape index (κ3) is 6.71. The topological polar surface area (TPSA) is 164 Å². The highest BCUT2D eigenvalue weighted by atomic mass is 35.5. The molecule has 35 heavy (non-hydrogen) atoms. The van der Waals surface area contributed by atoms with Crippen LogP contribution in [0.3, 0.4) is 0 Å². The second-order valence-electron chi connectivity index (χ2n) is 7.64. The van der Waals surface area contributed by atoms with Crippen molar-refractivity contribution in [1.82, 2.24) is 19.9 Å². The van der Waals surface area contributed by atoms with Crippen molar-refractivity contribution in [1.29, 1.82) is 5.41 Å². The Hall–Kier alpha value is -4.09. The van der Waals surface area contributed by atoms with Gasteiger partial charge in [0.05, 0.1) is 0 Å². The summed E-state index contributed by atoms with van der Waals surface area (Å²) < 4.78 is 6.86. The van der Waals surface area contributed by atoms with Gasteiger partial charge in [-0.1, -0.05) is 48.9 Å². The van der Waals surface area contributed by atoms with E-state index in [4.69, 9.17) is 33.2 Å². The maximum absolute atomic E-state index is 13.3. The highest BCUT2D eigenvalue weighted by Crippen LogP contribution is 2.25. The number of nitrogen functional groups attached to an aromatic ring is 2. The lowest BCUT2D eigenvalue weighted by Gasteiger charge is -2.20. The molecule has 0 spiro atoms. The number of ether oxygens (including phenoxy) is 1. The van der Waals surface area contributed by atoms with Gasteiger partial charge >= 0.3 is 6.01 Å². The van der Waals surface area contributed by atoms with Crippen LogP contribution in [-0.4, -0.2) is 39.9 Å². The first-order chi connectivity index (χ1) is 16.7. The zero-order chi connectivity index (χ0) is 25.5. The minimum atomic E-state index is -0.579. The Labute approximate surface area is 207 Å². The van der Waals surface area contributed by atoms with E-state index >= 15 is 0 Å². The number of benzene rings is 2. The quantitative estimate of drug-likeness (QED) is 0.0932. The summed E-state index contributed by atoms with van der Waals surface area (Å²) >= 11 is 6.28. The van der Waals surface area contributed by atoms with Gasteiger partial charge in [0.25, 0.3) is 5.56 Å². The van der Waals surface area contributed by atoms with Gasteiger partial charge < -0.3 is 26.9 Å². The Kier molecular flexibility index (Phi) is 8.29. The van der Waals surface area contributed by atoms with Crippen LogP contribution < -0.4 is 32.5 Å². The van der Waals surface area contributed by atoms with Gasteiger partial charge in [-0.2, -0.15) is 4.98 Å². The third-order valence-electron chi connectivity index (χ3n) is 4.99. The Morgan fingerprint density at radius 2 is 1.97 bits per heavy atom. The first-order valence-electron chi connectivity index (χ1n) is 10.7. The van der Waals surface area contributed by atoms with Crippen molar-refractivity contribution in [3.8, 4) is 11.8 Å². The third-order valence-corrected chi connectivity index (χ3v) is 5.26. The van der Waals surface area contributed by atoms with Crippen molar-refractivity contribution in [2.75, 3.05) is 24.8 Å². The second-order valence-corrected chi connectivity index (χ2v) is 8.00. The van der Waals surface area contributed by atoms with E-state index in [9.17, 15) is 9.59 Å². The van der Waals surface area contributed by atoms with Crippen molar-refractivity contribution in [3.63, 3.8) is 0 Å². The number of hydrogen-bond acceptors (Lipinski definition) is 8. The summed E-state index contributed by atoms with van der Waals surface area (Å²) in [5.41, 5.74) is 15.4. The van der Waals surface area contributed by atoms with E-state index in [1.807, 2.05) is 6.92 Å². The predicted octanol–water partition coefficient (Wildman–Crippen LogP) is 2.15. The van der Waals surface area contributed by atoms with Crippen LogP contribution in [0, 0.1) is 5.41 Å². The van der Waals surface area contributed by atoms with Gasteiger partial charge in [-0.05, 0) is 17.7 Å². The lowest BCUT2D eigenvalue weighted by molar-refractivity contribution is -0.122. The molecular weight excluding hydrogens is 472 g/mol. The number of amides is 1. The van der Waals surface area contributed by atoms with E-state index in [0.717, 1.165) is 10.1 Å². The standard InChI is InChI=1S/C23H27ClN8O3/c1-3-31(2)30-19-20(24)29-23(35-17-6-4-5-16(25)11-17)32(22(19)34)13-18(33)28-12-14-7-9-15(10-8-14)21(26)27/h4-11,30H,3,12-13,25H2,1-2H3,(H3,26,27)(H,28,33). The molecule has 0 aliphatic rings. The molecule has 0 radical (unpaired) electrons. The Bertz CT molecular complexity index is 1280. The first kappa shape index (κ1) is 25.5. The van der Waals surface area contributed by atoms with Crippen LogP contribution in [0.5, 0.6) is 11.8 Å². The normalized spacial score (nSPS) is 10.7. The zero-order valence-corrected chi connectivity index (χ0v) is 20.1. The number of hydrazine groups is 1. The van der Waals surface area contributed by atoms with Crippen molar-refractivity contribution in [3.05, 3.63) is 75.2 Å². The molecule has 3 rings (SSSR count). The second kappa shape index (κ2) is 11.4. The number of amidine groups is 1. The molecule has 7 N–H and O–H groups in total. The van der Waals surface area contributed by atoms with E-state index < -0.39 is 11.5 Å². The van der Waals surface area contributed by atoms with Crippen LogP contribution in [0.25, 0.3) is 0 Å². The summed E-state index contributed by atoms with van der Waals surface area (Å²) in [4.78, 5) is 30.2. The Morgan fingerprint density at radius 1 is 1.26 bits per heavy atom. The smallest absolute Gasteiger partial charge is 0.306 e. The van der Waals surface area contributed by atoms with Crippen molar-refractivity contribution in [2.24, 2.45) is 5.73 Å². The molecular formula is C23H27ClN8O3. The minimum Gasteiger partial charge on any atom is -0.425 e. The highest BCUT2D eigenvalue weighted by molar-refractivity contribution is 6.31. The maximum atomic E-state index is 13.3. The maximum Gasteiger partial charge on any atom is 0.306 e. The molecule has 0 unspecified atom stereocenters. The first-order valence-corrected chi connectivity index (χ1v) is 11.1. The highest BCUT2D eigenvalue weighted by Gasteiger charge is 2.20. The molecule has 12 heteroatoms. The SMILES string of the molecule is CCN(C)Nc1c(Cl)nc(Oc2cccc(N)c2)n(CC(=O)NCc2ccc(C(=N)N)cc2)c1=O. The average Bonchev–Trinajstić information content (AvgIpc) is 2.83. The fraction of sp³-hybridized carbons (Fsp3) is 0.217. The number of carbonyl (C=O) groups is 1. The van der Waals surface area contributed by atoms with Crippen LogP contribution >= 0.6 is 11.6 Å². The van der Waals surface area contributed by atoms with Gasteiger partial charge in [-0.15, -0.1) is 0 Å². The molecule has 1 aromatic heterocycles. The van der Waals surface area contributed by atoms with Crippen LogP contribution in [0.1, 0.15) is 18.1 Å². The largest absolute Gasteiger partial charge is 0.425 e. The van der Waals surface area contributed by atoms with Crippen molar-refractivity contribution >= 4 is 34.7 Å². The molecule has 1 amide bonds.